The van der Waals surface area contributed by atoms with Crippen LogP contribution < -0.4 is 4.72 Å². The first-order valence-electron chi connectivity index (χ1n) is 7.44. The maximum Gasteiger partial charge on any atom is 0.243 e. The lowest BCUT2D eigenvalue weighted by Crippen LogP contribution is -2.45. The molecule has 1 aromatic rings. The quantitative estimate of drug-likeness (QED) is 0.741. The largest absolute Gasteiger partial charge is 0.395 e. The highest BCUT2D eigenvalue weighted by Crippen LogP contribution is 2.15. The molecule has 0 saturated carbocycles. The number of sulfonamides is 1. The van der Waals surface area contributed by atoms with E-state index in [1.165, 1.54) is 12.4 Å². The van der Waals surface area contributed by atoms with Crippen LogP contribution in [0.15, 0.2) is 17.3 Å². The highest BCUT2D eigenvalue weighted by atomic mass is 32.2. The molecule has 2 heterocycles. The summed E-state index contributed by atoms with van der Waals surface area (Å²) >= 11 is 0. The molecular formula is C13H24N4O3S. The molecule has 1 atom stereocenters. The Bertz CT molecular complexity index is 543. The fourth-order valence-electron chi connectivity index (χ4n) is 2.62. The lowest BCUT2D eigenvalue weighted by Gasteiger charge is -2.34. The van der Waals surface area contributed by atoms with Gasteiger partial charge in [-0.3, -0.25) is 9.58 Å². The molecule has 0 spiro atoms. The summed E-state index contributed by atoms with van der Waals surface area (Å²) in [6, 6.07) is 0.158. The molecule has 21 heavy (non-hydrogen) atoms. The van der Waals surface area contributed by atoms with Crippen LogP contribution in [0.4, 0.5) is 0 Å². The number of likely N-dealkylation sites (tertiary alicyclic amines) is 1. The van der Waals surface area contributed by atoms with E-state index < -0.39 is 10.0 Å². The Kier molecular flexibility index (Phi) is 5.74. The lowest BCUT2D eigenvalue weighted by molar-refractivity contribution is 0.0923. The fraction of sp³-hybridized carbons (Fsp3) is 0.769. The number of hydrogen-bond acceptors (Lipinski definition) is 5. The second-order valence-corrected chi connectivity index (χ2v) is 7.06. The van der Waals surface area contributed by atoms with E-state index in [2.05, 4.69) is 14.7 Å². The van der Waals surface area contributed by atoms with Crippen LogP contribution in [0.3, 0.4) is 0 Å². The summed E-state index contributed by atoms with van der Waals surface area (Å²) in [5.41, 5.74) is 0. The summed E-state index contributed by atoms with van der Waals surface area (Å²) in [5, 5.41) is 13.3. The zero-order chi connectivity index (χ0) is 15.3. The minimum Gasteiger partial charge on any atom is -0.395 e. The van der Waals surface area contributed by atoms with Gasteiger partial charge in [-0.25, -0.2) is 13.1 Å². The van der Waals surface area contributed by atoms with E-state index in [1.54, 1.807) is 4.68 Å². The Morgan fingerprint density at radius 1 is 1.48 bits per heavy atom. The van der Waals surface area contributed by atoms with Crippen LogP contribution in [0.25, 0.3) is 0 Å². The van der Waals surface area contributed by atoms with Gasteiger partial charge in [-0.15, -0.1) is 0 Å². The van der Waals surface area contributed by atoms with Gasteiger partial charge in [0.2, 0.25) is 10.0 Å². The highest BCUT2D eigenvalue weighted by molar-refractivity contribution is 7.89. The van der Waals surface area contributed by atoms with Crippen molar-refractivity contribution in [2.45, 2.75) is 43.7 Å². The molecule has 2 N–H and O–H groups in total. The van der Waals surface area contributed by atoms with Crippen LogP contribution >= 0.6 is 0 Å². The van der Waals surface area contributed by atoms with Crippen molar-refractivity contribution in [3.05, 3.63) is 12.4 Å². The number of hydrogen-bond donors (Lipinski definition) is 2. The number of aliphatic hydroxyl groups excluding tert-OH is 1. The summed E-state index contributed by atoms with van der Waals surface area (Å²) in [6.45, 7) is 4.56. The standard InChI is InChI=1S/C13H24N4O3S/c1-2-17-10-13(9-14-17)21(19,20)15-6-8-16-7-4-3-5-12(16)11-18/h9-10,12,15,18H,2-8,11H2,1H3/t12-/m0/s1. The summed E-state index contributed by atoms with van der Waals surface area (Å²) in [5.74, 6) is 0. The van der Waals surface area contributed by atoms with Crippen LogP contribution in [-0.4, -0.2) is 60.5 Å². The predicted molar refractivity (Wildman–Crippen MR) is 79.4 cm³/mol. The van der Waals surface area contributed by atoms with E-state index in [-0.39, 0.29) is 17.5 Å². The number of piperidine rings is 1. The van der Waals surface area contributed by atoms with E-state index in [0.717, 1.165) is 25.8 Å². The van der Waals surface area contributed by atoms with Crippen LogP contribution in [0, 0.1) is 0 Å². The number of nitrogens with zero attached hydrogens (tertiary/aromatic N) is 3. The zero-order valence-electron chi connectivity index (χ0n) is 12.4. The lowest BCUT2D eigenvalue weighted by atomic mass is 10.0. The van der Waals surface area contributed by atoms with Crippen molar-refractivity contribution in [2.24, 2.45) is 0 Å². The van der Waals surface area contributed by atoms with Crippen molar-refractivity contribution >= 4 is 10.0 Å². The molecule has 1 fully saturated rings. The fourth-order valence-corrected chi connectivity index (χ4v) is 3.60. The minimum absolute atomic E-state index is 0.135. The third kappa shape index (κ3) is 4.26. The van der Waals surface area contributed by atoms with Crippen LogP contribution in [-0.2, 0) is 16.6 Å². The number of rotatable bonds is 7. The highest BCUT2D eigenvalue weighted by Gasteiger charge is 2.22. The van der Waals surface area contributed by atoms with Crippen molar-refractivity contribution in [3.63, 3.8) is 0 Å². The molecule has 2 rings (SSSR count). The van der Waals surface area contributed by atoms with E-state index in [1.807, 2.05) is 6.92 Å². The summed E-state index contributed by atoms with van der Waals surface area (Å²) in [6.07, 6.45) is 6.10. The molecule has 1 saturated heterocycles. The van der Waals surface area contributed by atoms with Crippen molar-refractivity contribution in [3.8, 4) is 0 Å². The van der Waals surface area contributed by atoms with Gasteiger partial charge < -0.3 is 5.11 Å². The molecule has 7 nitrogen and oxygen atoms in total. The van der Waals surface area contributed by atoms with E-state index in [4.69, 9.17) is 0 Å². The number of aromatic nitrogens is 2. The molecule has 0 aliphatic carbocycles. The maximum atomic E-state index is 12.1. The molecule has 0 radical (unpaired) electrons. The molecule has 0 amide bonds. The van der Waals surface area contributed by atoms with Gasteiger partial charge in [0.15, 0.2) is 0 Å². The third-order valence-electron chi connectivity index (χ3n) is 3.89. The normalized spacial score (nSPS) is 20.8. The molecule has 1 aliphatic heterocycles. The molecule has 8 heteroatoms. The Morgan fingerprint density at radius 3 is 2.95 bits per heavy atom. The first-order chi connectivity index (χ1) is 10.1. The van der Waals surface area contributed by atoms with Crippen LogP contribution in [0.2, 0.25) is 0 Å². The van der Waals surface area contributed by atoms with Gasteiger partial charge in [0.05, 0.1) is 12.8 Å². The van der Waals surface area contributed by atoms with Gasteiger partial charge in [-0.2, -0.15) is 5.10 Å². The second-order valence-electron chi connectivity index (χ2n) is 5.30. The predicted octanol–water partition coefficient (Wildman–Crippen LogP) is 0.0281. The Labute approximate surface area is 126 Å². The number of aryl methyl sites for hydroxylation is 1. The molecule has 1 aliphatic rings. The molecule has 0 unspecified atom stereocenters. The Hall–Kier alpha value is -0.960. The molecule has 0 bridgehead atoms. The van der Waals surface area contributed by atoms with Crippen LogP contribution in [0.1, 0.15) is 26.2 Å². The van der Waals surface area contributed by atoms with E-state index in [0.29, 0.717) is 19.6 Å². The molecular weight excluding hydrogens is 292 g/mol. The summed E-state index contributed by atoms with van der Waals surface area (Å²) in [7, 11) is -3.50. The number of aliphatic hydroxyl groups is 1. The Balaban J connectivity index is 1.86. The van der Waals surface area contributed by atoms with Gasteiger partial charge in [0, 0.05) is 31.9 Å². The average Bonchev–Trinajstić information content (AvgIpc) is 2.97. The van der Waals surface area contributed by atoms with E-state index >= 15 is 0 Å². The second kappa shape index (κ2) is 7.35. The first kappa shape index (κ1) is 16.4. The van der Waals surface area contributed by atoms with Gasteiger partial charge in [-0.1, -0.05) is 6.42 Å². The monoisotopic (exact) mass is 316 g/mol. The number of nitrogens with one attached hydrogen (secondary N) is 1. The summed E-state index contributed by atoms with van der Waals surface area (Å²) in [4.78, 5) is 2.35. The van der Waals surface area contributed by atoms with Crippen molar-refractivity contribution in [2.75, 3.05) is 26.2 Å². The van der Waals surface area contributed by atoms with Gasteiger partial charge >= 0.3 is 0 Å². The third-order valence-corrected chi connectivity index (χ3v) is 5.31. The maximum absolute atomic E-state index is 12.1. The topological polar surface area (TPSA) is 87.5 Å². The zero-order valence-corrected chi connectivity index (χ0v) is 13.2. The van der Waals surface area contributed by atoms with Gasteiger partial charge in [0.1, 0.15) is 4.90 Å². The molecule has 0 aromatic carbocycles. The molecule has 1 aromatic heterocycles. The van der Waals surface area contributed by atoms with Crippen molar-refractivity contribution in [1.29, 1.82) is 0 Å². The smallest absolute Gasteiger partial charge is 0.243 e. The van der Waals surface area contributed by atoms with E-state index in [9.17, 15) is 13.5 Å². The average molecular weight is 316 g/mol. The summed E-state index contributed by atoms with van der Waals surface area (Å²) < 4.78 is 28.4. The van der Waals surface area contributed by atoms with Gasteiger partial charge in [0.25, 0.3) is 0 Å². The van der Waals surface area contributed by atoms with Gasteiger partial charge in [-0.05, 0) is 26.3 Å². The molecule has 120 valence electrons. The minimum atomic E-state index is -3.50. The van der Waals surface area contributed by atoms with Crippen LogP contribution in [0.5, 0.6) is 0 Å². The Morgan fingerprint density at radius 2 is 2.29 bits per heavy atom. The first-order valence-corrected chi connectivity index (χ1v) is 8.92. The SMILES string of the molecule is CCn1cc(S(=O)(=O)NCCN2CCCC[C@H]2CO)cn1. The van der Waals surface area contributed by atoms with Crippen molar-refractivity contribution in [1.82, 2.24) is 19.4 Å². The van der Waals surface area contributed by atoms with Crippen molar-refractivity contribution < 1.29 is 13.5 Å².